The van der Waals surface area contributed by atoms with E-state index in [0.717, 1.165) is 0 Å². The third kappa shape index (κ3) is 2.52. The van der Waals surface area contributed by atoms with Gasteiger partial charge in [0.2, 0.25) is 11.7 Å². The maximum Gasteiger partial charge on any atom is 0.256 e. The van der Waals surface area contributed by atoms with Crippen LogP contribution in [0.1, 0.15) is 28.2 Å². The number of carbonyl (C=O) groups is 1. The molecule has 1 unspecified atom stereocenters. The lowest BCUT2D eigenvalue weighted by Gasteiger charge is -2.31. The van der Waals surface area contributed by atoms with Crippen LogP contribution in [0.5, 0.6) is 0 Å². The van der Waals surface area contributed by atoms with E-state index < -0.39 is 11.9 Å². The van der Waals surface area contributed by atoms with Gasteiger partial charge < -0.3 is 19.1 Å². The largest absolute Gasteiger partial charge is 0.366 e. The second kappa shape index (κ2) is 5.68. The van der Waals surface area contributed by atoms with Crippen molar-refractivity contribution in [3.05, 3.63) is 41.6 Å². The number of benzene rings is 1. The first-order valence-corrected chi connectivity index (χ1v) is 7.45. The molecule has 4 rings (SSSR count). The van der Waals surface area contributed by atoms with E-state index in [2.05, 4.69) is 20.1 Å². The van der Waals surface area contributed by atoms with E-state index >= 15 is 0 Å². The number of nitrogens with zero attached hydrogens (tertiary/aromatic N) is 4. The minimum atomic E-state index is -0.492. The van der Waals surface area contributed by atoms with Crippen LogP contribution >= 0.6 is 0 Å². The zero-order valence-electron chi connectivity index (χ0n) is 12.8. The fourth-order valence-corrected chi connectivity index (χ4v) is 2.78. The quantitative estimate of drug-likeness (QED) is 0.766. The Morgan fingerprint density at radius 2 is 2.33 bits per heavy atom. The van der Waals surface area contributed by atoms with Crippen molar-refractivity contribution in [2.45, 2.75) is 13.0 Å². The Morgan fingerprint density at radius 1 is 1.46 bits per heavy atom. The number of nitrogens with one attached hydrogen (secondary N) is 1. The Labute approximate surface area is 135 Å². The van der Waals surface area contributed by atoms with Gasteiger partial charge in [-0.3, -0.25) is 4.79 Å². The van der Waals surface area contributed by atoms with E-state index in [9.17, 15) is 9.18 Å². The molecule has 3 heterocycles. The summed E-state index contributed by atoms with van der Waals surface area (Å²) in [5, 5.41) is 3.84. The van der Waals surface area contributed by atoms with Gasteiger partial charge in [-0.1, -0.05) is 5.16 Å². The molecule has 1 saturated heterocycles. The van der Waals surface area contributed by atoms with E-state index in [1.165, 1.54) is 18.5 Å². The number of imidazole rings is 1. The zero-order chi connectivity index (χ0) is 16.7. The predicted octanol–water partition coefficient (Wildman–Crippen LogP) is 1.61. The first-order chi connectivity index (χ1) is 11.6. The average Bonchev–Trinajstić information content (AvgIpc) is 3.22. The number of morpholine rings is 1. The van der Waals surface area contributed by atoms with Crippen LogP contribution in [0.4, 0.5) is 4.39 Å². The van der Waals surface area contributed by atoms with Gasteiger partial charge in [0.05, 0.1) is 30.6 Å². The molecule has 0 saturated carbocycles. The number of carbonyl (C=O) groups excluding carboxylic acids is 1. The highest BCUT2D eigenvalue weighted by Gasteiger charge is 2.30. The van der Waals surface area contributed by atoms with Crippen LogP contribution in [0, 0.1) is 12.7 Å². The Bertz CT molecular complexity index is 906. The summed E-state index contributed by atoms with van der Waals surface area (Å²) in [4.78, 5) is 25.5. The number of aromatic amines is 1. The van der Waals surface area contributed by atoms with E-state index in [-0.39, 0.29) is 18.0 Å². The van der Waals surface area contributed by atoms with Gasteiger partial charge in [-0.25, -0.2) is 9.37 Å². The predicted molar refractivity (Wildman–Crippen MR) is 79.7 cm³/mol. The fourth-order valence-electron chi connectivity index (χ4n) is 2.78. The number of ether oxygens (including phenoxy) is 1. The number of amides is 1. The molecule has 3 aromatic rings. The average molecular weight is 331 g/mol. The number of fused-ring (bicyclic) bond motifs is 1. The highest BCUT2D eigenvalue weighted by molar-refractivity contribution is 6.04. The third-order valence-corrected chi connectivity index (χ3v) is 3.90. The Morgan fingerprint density at radius 3 is 3.12 bits per heavy atom. The van der Waals surface area contributed by atoms with Gasteiger partial charge >= 0.3 is 0 Å². The molecule has 1 aliphatic rings. The van der Waals surface area contributed by atoms with Gasteiger partial charge in [0.1, 0.15) is 17.4 Å². The summed E-state index contributed by atoms with van der Waals surface area (Å²) in [7, 11) is 0. The van der Waals surface area contributed by atoms with Crippen LogP contribution in [0.25, 0.3) is 11.0 Å². The lowest BCUT2D eigenvalue weighted by Crippen LogP contribution is -2.42. The van der Waals surface area contributed by atoms with Gasteiger partial charge in [0.15, 0.2) is 0 Å². The van der Waals surface area contributed by atoms with Crippen molar-refractivity contribution in [2.75, 3.05) is 19.7 Å². The maximum atomic E-state index is 13.8. The maximum absolute atomic E-state index is 13.8. The summed E-state index contributed by atoms with van der Waals surface area (Å²) in [5.74, 6) is 0.0309. The summed E-state index contributed by atoms with van der Waals surface area (Å²) in [6.07, 6.45) is 0.967. The summed E-state index contributed by atoms with van der Waals surface area (Å²) in [6, 6.07) is 2.51. The van der Waals surface area contributed by atoms with Crippen LogP contribution in [0.3, 0.4) is 0 Å². The second-order valence-corrected chi connectivity index (χ2v) is 5.53. The molecule has 9 heteroatoms. The van der Waals surface area contributed by atoms with Crippen LogP contribution in [-0.4, -0.2) is 50.6 Å². The number of aromatic nitrogens is 4. The van der Waals surface area contributed by atoms with Gasteiger partial charge in [-0.2, -0.15) is 4.98 Å². The van der Waals surface area contributed by atoms with E-state index in [1.807, 2.05) is 0 Å². The highest BCUT2D eigenvalue weighted by Crippen LogP contribution is 2.24. The minimum absolute atomic E-state index is 0.219. The van der Waals surface area contributed by atoms with Crippen LogP contribution in [0.15, 0.2) is 23.0 Å². The molecule has 1 N–H and O–H groups in total. The van der Waals surface area contributed by atoms with Gasteiger partial charge in [0, 0.05) is 13.5 Å². The zero-order valence-corrected chi connectivity index (χ0v) is 12.8. The van der Waals surface area contributed by atoms with Gasteiger partial charge in [-0.15, -0.1) is 0 Å². The van der Waals surface area contributed by atoms with E-state index in [1.54, 1.807) is 11.8 Å². The molecule has 8 nitrogen and oxygen atoms in total. The van der Waals surface area contributed by atoms with Gasteiger partial charge in [0.25, 0.3) is 5.91 Å². The van der Waals surface area contributed by atoms with Crippen molar-refractivity contribution >= 4 is 16.9 Å². The van der Waals surface area contributed by atoms with Crippen molar-refractivity contribution in [2.24, 2.45) is 0 Å². The SMILES string of the molecule is Cc1nc(C2CN(C(=O)c3cc(F)cc4[nH]cnc34)CCO2)no1. The molecule has 0 bridgehead atoms. The fraction of sp³-hybridized carbons (Fsp3) is 0.333. The third-order valence-electron chi connectivity index (χ3n) is 3.90. The number of aryl methyl sites for hydroxylation is 1. The molecule has 24 heavy (non-hydrogen) atoms. The first kappa shape index (κ1) is 14.8. The lowest BCUT2D eigenvalue weighted by molar-refractivity contribution is -0.0275. The molecule has 0 spiro atoms. The van der Waals surface area contributed by atoms with Crippen molar-refractivity contribution < 1.29 is 18.4 Å². The topological polar surface area (TPSA) is 97.1 Å². The number of hydrogen-bond donors (Lipinski definition) is 1. The molecule has 0 aliphatic carbocycles. The van der Waals surface area contributed by atoms with Crippen molar-refractivity contribution in [1.29, 1.82) is 0 Å². The molecule has 0 radical (unpaired) electrons. The molecule has 1 amide bonds. The molecule has 1 aromatic carbocycles. The molecule has 2 aromatic heterocycles. The normalized spacial score (nSPS) is 18.2. The van der Waals surface area contributed by atoms with Gasteiger partial charge in [-0.05, 0) is 12.1 Å². The number of rotatable bonds is 2. The first-order valence-electron chi connectivity index (χ1n) is 7.45. The van der Waals surface area contributed by atoms with Crippen molar-refractivity contribution in [3.8, 4) is 0 Å². The monoisotopic (exact) mass is 331 g/mol. The van der Waals surface area contributed by atoms with Crippen LogP contribution in [-0.2, 0) is 4.74 Å². The Hall–Kier alpha value is -2.81. The highest BCUT2D eigenvalue weighted by atomic mass is 19.1. The summed E-state index contributed by atoms with van der Waals surface area (Å²) >= 11 is 0. The summed E-state index contributed by atoms with van der Waals surface area (Å²) in [6.45, 7) is 2.68. The molecule has 1 aliphatic heterocycles. The lowest BCUT2D eigenvalue weighted by atomic mass is 10.1. The molecular weight excluding hydrogens is 317 g/mol. The standard InChI is InChI=1S/C15H14FN5O3/c1-8-19-14(20-24-8)12-6-21(2-3-23-12)15(22)10-4-9(16)5-11-13(10)18-7-17-11/h4-5,7,12H,2-3,6H2,1H3,(H,17,18). The second-order valence-electron chi connectivity index (χ2n) is 5.53. The van der Waals surface area contributed by atoms with Crippen molar-refractivity contribution in [1.82, 2.24) is 25.0 Å². The number of halogens is 1. The molecule has 1 fully saturated rings. The minimum Gasteiger partial charge on any atom is -0.366 e. The molecular formula is C15H14FN5O3. The Kier molecular flexibility index (Phi) is 3.49. The van der Waals surface area contributed by atoms with E-state index in [4.69, 9.17) is 9.26 Å². The Balaban J connectivity index is 1.62. The summed E-state index contributed by atoms with van der Waals surface area (Å²) < 4.78 is 24.3. The smallest absolute Gasteiger partial charge is 0.256 e. The molecule has 124 valence electrons. The number of H-pyrrole nitrogens is 1. The van der Waals surface area contributed by atoms with E-state index in [0.29, 0.717) is 35.9 Å². The molecule has 1 atom stereocenters. The van der Waals surface area contributed by atoms with Crippen LogP contribution < -0.4 is 0 Å². The summed E-state index contributed by atoms with van der Waals surface area (Å²) in [5.41, 5.74) is 1.15. The van der Waals surface area contributed by atoms with Crippen LogP contribution in [0.2, 0.25) is 0 Å². The van der Waals surface area contributed by atoms with Crippen molar-refractivity contribution in [3.63, 3.8) is 0 Å². The number of hydrogen-bond acceptors (Lipinski definition) is 6.